The van der Waals surface area contributed by atoms with Crippen LogP contribution in [0.5, 0.6) is 5.75 Å². The largest absolute Gasteiger partial charge is 0.496 e. The van der Waals surface area contributed by atoms with E-state index >= 15 is 0 Å². The molecule has 17 heavy (non-hydrogen) atoms. The van der Waals surface area contributed by atoms with E-state index in [1.54, 1.807) is 31.4 Å². The van der Waals surface area contributed by atoms with Crippen molar-refractivity contribution in [2.75, 3.05) is 7.11 Å². The van der Waals surface area contributed by atoms with Gasteiger partial charge >= 0.3 is 0 Å². The Morgan fingerprint density at radius 2 is 2.18 bits per heavy atom. The van der Waals surface area contributed by atoms with E-state index < -0.39 is 0 Å². The Morgan fingerprint density at radius 3 is 2.88 bits per heavy atom. The minimum atomic E-state index is 0.326. The van der Waals surface area contributed by atoms with Crippen molar-refractivity contribution in [3.63, 3.8) is 0 Å². The summed E-state index contributed by atoms with van der Waals surface area (Å²) >= 11 is 5.86. The minimum Gasteiger partial charge on any atom is -0.496 e. The second kappa shape index (κ2) is 4.93. The van der Waals surface area contributed by atoms with E-state index in [9.17, 15) is 4.79 Å². The summed E-state index contributed by atoms with van der Waals surface area (Å²) in [6, 6.07) is 6.69. The van der Waals surface area contributed by atoms with Gasteiger partial charge in [0.2, 0.25) is 0 Å². The zero-order valence-electron chi connectivity index (χ0n) is 9.05. The number of hydrogen-bond donors (Lipinski definition) is 0. The number of methoxy groups -OCH3 is 1. The van der Waals surface area contributed by atoms with Gasteiger partial charge in [-0.25, -0.2) is 9.97 Å². The predicted octanol–water partition coefficient (Wildman–Crippen LogP) is 2.62. The molecule has 4 nitrogen and oxygen atoms in total. The lowest BCUT2D eigenvalue weighted by Gasteiger charge is -2.07. The quantitative estimate of drug-likeness (QED) is 0.784. The second-order valence-electron chi connectivity index (χ2n) is 3.27. The molecule has 0 fully saturated rings. The van der Waals surface area contributed by atoms with E-state index in [1.807, 2.05) is 0 Å². The van der Waals surface area contributed by atoms with Crippen molar-refractivity contribution in [1.29, 1.82) is 0 Å². The Balaban J connectivity index is 2.55. The molecule has 0 aliphatic heterocycles. The van der Waals surface area contributed by atoms with Crippen molar-refractivity contribution in [1.82, 2.24) is 9.97 Å². The maximum atomic E-state index is 10.7. The van der Waals surface area contributed by atoms with Crippen molar-refractivity contribution < 1.29 is 9.53 Å². The molecule has 5 heteroatoms. The summed E-state index contributed by atoms with van der Waals surface area (Å²) in [4.78, 5) is 18.9. The molecule has 86 valence electrons. The average molecular weight is 249 g/mol. The number of carbonyl (C=O) groups excluding carboxylic acids is 1. The number of aromatic nitrogens is 2. The summed E-state index contributed by atoms with van der Waals surface area (Å²) in [5, 5.41) is 0.567. The van der Waals surface area contributed by atoms with Gasteiger partial charge in [-0.1, -0.05) is 11.6 Å². The minimum absolute atomic E-state index is 0.326. The number of nitrogens with zero attached hydrogens (tertiary/aromatic N) is 2. The second-order valence-corrected chi connectivity index (χ2v) is 3.70. The van der Waals surface area contributed by atoms with Crippen LogP contribution in [0.4, 0.5) is 0 Å². The molecule has 0 spiro atoms. The van der Waals surface area contributed by atoms with Gasteiger partial charge in [0.1, 0.15) is 11.4 Å². The van der Waals surface area contributed by atoms with Gasteiger partial charge in [-0.15, -0.1) is 0 Å². The first-order chi connectivity index (χ1) is 8.24. The first-order valence-corrected chi connectivity index (χ1v) is 5.24. The number of benzene rings is 1. The highest BCUT2D eigenvalue weighted by Gasteiger charge is 2.09. The highest BCUT2D eigenvalue weighted by molar-refractivity contribution is 6.30. The maximum absolute atomic E-state index is 10.7. The van der Waals surface area contributed by atoms with Crippen LogP contribution in [-0.4, -0.2) is 23.4 Å². The number of aldehydes is 1. The predicted molar refractivity (Wildman–Crippen MR) is 64.4 cm³/mol. The normalized spacial score (nSPS) is 10.0. The smallest absolute Gasteiger partial charge is 0.168 e. The van der Waals surface area contributed by atoms with E-state index in [1.165, 1.54) is 6.20 Å². The Labute approximate surface area is 103 Å². The van der Waals surface area contributed by atoms with Gasteiger partial charge in [0.05, 0.1) is 12.7 Å². The van der Waals surface area contributed by atoms with Gasteiger partial charge in [-0.3, -0.25) is 4.79 Å². The third-order valence-electron chi connectivity index (χ3n) is 2.20. The van der Waals surface area contributed by atoms with E-state index in [-0.39, 0.29) is 0 Å². The van der Waals surface area contributed by atoms with Crippen molar-refractivity contribution in [2.45, 2.75) is 0 Å². The fraction of sp³-hybridized carbons (Fsp3) is 0.0833. The molecule has 0 bridgehead atoms. The standard InChI is InChI=1S/C12H9ClN2O2/c1-17-11-6-8(13)2-3-10(11)12-14-5-4-9(7-16)15-12/h2-7H,1H3. The lowest BCUT2D eigenvalue weighted by molar-refractivity contribution is 0.111. The van der Waals surface area contributed by atoms with Crippen LogP contribution < -0.4 is 4.74 Å². The van der Waals surface area contributed by atoms with Crippen LogP contribution in [-0.2, 0) is 0 Å². The molecule has 1 aromatic heterocycles. The van der Waals surface area contributed by atoms with E-state index in [2.05, 4.69) is 9.97 Å². The molecular weight excluding hydrogens is 240 g/mol. The average Bonchev–Trinajstić information content (AvgIpc) is 2.38. The van der Waals surface area contributed by atoms with Gasteiger partial charge in [0, 0.05) is 11.2 Å². The molecule has 0 N–H and O–H groups in total. The summed E-state index contributed by atoms with van der Waals surface area (Å²) < 4.78 is 5.20. The molecule has 0 saturated heterocycles. The van der Waals surface area contributed by atoms with Gasteiger partial charge in [-0.05, 0) is 24.3 Å². The molecule has 0 atom stereocenters. The number of halogens is 1. The number of ether oxygens (including phenoxy) is 1. The lowest BCUT2D eigenvalue weighted by Crippen LogP contribution is -1.95. The number of rotatable bonds is 3. The summed E-state index contributed by atoms with van der Waals surface area (Å²) in [6.45, 7) is 0. The fourth-order valence-corrected chi connectivity index (χ4v) is 1.58. The molecule has 1 aromatic carbocycles. The first kappa shape index (κ1) is 11.5. The molecule has 2 aromatic rings. The van der Waals surface area contributed by atoms with Gasteiger partial charge < -0.3 is 4.74 Å². The Morgan fingerprint density at radius 1 is 1.35 bits per heavy atom. The van der Waals surface area contributed by atoms with Crippen molar-refractivity contribution in [3.8, 4) is 17.1 Å². The van der Waals surface area contributed by atoms with Gasteiger partial charge in [0.25, 0.3) is 0 Å². The van der Waals surface area contributed by atoms with Crippen molar-refractivity contribution >= 4 is 17.9 Å². The highest BCUT2D eigenvalue weighted by Crippen LogP contribution is 2.29. The molecule has 0 amide bonds. The molecule has 0 aliphatic rings. The van der Waals surface area contributed by atoms with Crippen LogP contribution in [0.25, 0.3) is 11.4 Å². The van der Waals surface area contributed by atoms with Crippen LogP contribution in [0.1, 0.15) is 10.5 Å². The van der Waals surface area contributed by atoms with E-state index in [0.717, 1.165) is 0 Å². The molecule has 0 unspecified atom stereocenters. The molecule has 0 radical (unpaired) electrons. The third-order valence-corrected chi connectivity index (χ3v) is 2.44. The summed E-state index contributed by atoms with van der Waals surface area (Å²) in [5.74, 6) is 1.00. The van der Waals surface area contributed by atoms with Gasteiger partial charge in [0.15, 0.2) is 12.1 Å². The van der Waals surface area contributed by atoms with E-state index in [0.29, 0.717) is 34.1 Å². The topological polar surface area (TPSA) is 52.1 Å². The summed E-state index contributed by atoms with van der Waals surface area (Å²) in [7, 11) is 1.54. The summed E-state index contributed by atoms with van der Waals surface area (Å²) in [6.07, 6.45) is 2.20. The molecule has 1 heterocycles. The van der Waals surface area contributed by atoms with Crippen molar-refractivity contribution in [3.05, 3.63) is 41.2 Å². The van der Waals surface area contributed by atoms with Crippen LogP contribution in [0.2, 0.25) is 5.02 Å². The number of carbonyl (C=O) groups is 1. The van der Waals surface area contributed by atoms with Crippen molar-refractivity contribution in [2.24, 2.45) is 0 Å². The molecule has 0 aliphatic carbocycles. The Bertz CT molecular complexity index is 558. The van der Waals surface area contributed by atoms with Crippen LogP contribution in [0, 0.1) is 0 Å². The molecule has 2 rings (SSSR count). The zero-order chi connectivity index (χ0) is 12.3. The maximum Gasteiger partial charge on any atom is 0.168 e. The highest BCUT2D eigenvalue weighted by atomic mass is 35.5. The van der Waals surface area contributed by atoms with Crippen LogP contribution >= 0.6 is 11.6 Å². The van der Waals surface area contributed by atoms with Crippen LogP contribution in [0.15, 0.2) is 30.5 Å². The van der Waals surface area contributed by atoms with E-state index in [4.69, 9.17) is 16.3 Å². The lowest BCUT2D eigenvalue weighted by atomic mass is 10.2. The monoisotopic (exact) mass is 248 g/mol. The fourth-order valence-electron chi connectivity index (χ4n) is 1.42. The van der Waals surface area contributed by atoms with Crippen LogP contribution in [0.3, 0.4) is 0 Å². The zero-order valence-corrected chi connectivity index (χ0v) is 9.81. The Hall–Kier alpha value is -1.94. The SMILES string of the molecule is COc1cc(Cl)ccc1-c1nccc(C=O)n1. The number of hydrogen-bond acceptors (Lipinski definition) is 4. The molecular formula is C12H9ClN2O2. The first-order valence-electron chi connectivity index (χ1n) is 4.86. The third kappa shape index (κ3) is 2.42. The molecule has 0 saturated carbocycles. The Kier molecular flexibility index (Phi) is 3.35. The van der Waals surface area contributed by atoms with Gasteiger partial charge in [-0.2, -0.15) is 0 Å². The summed E-state index contributed by atoms with van der Waals surface area (Å²) in [5.41, 5.74) is 1.02.